The summed E-state index contributed by atoms with van der Waals surface area (Å²) < 4.78 is 1.77. The maximum atomic E-state index is 13.1. The van der Waals surface area contributed by atoms with E-state index in [2.05, 4.69) is 71.1 Å². The standard InChI is InChI=1S/C47H28N6O2.Li/c54-40-24-22-33(36-17-9-25-48-43(36)40)41-31-15-7-8-16-32(31)42(34-21-23-39-44-37(34)18-10-26-53(44)55-52-39)38-27-30(19-20-35(38)41)47-50-45(28-11-3-1-4-12-28)49-46(51-47)29-13-5-2-6-14-29;/h1-27,52H;/q;+1/p+1. The quantitative estimate of drug-likeness (QED) is 0.138. The number of nitrogens with one attached hydrogen (secondary N) is 2. The second kappa shape index (κ2) is 13.3. The van der Waals surface area contributed by atoms with E-state index in [0.29, 0.717) is 23.0 Å². The number of anilines is 1. The molecule has 0 atom stereocenters. The van der Waals surface area contributed by atoms with Crippen LogP contribution in [-0.4, -0.2) is 15.0 Å². The third-order valence-corrected chi connectivity index (χ3v) is 10.5. The minimum Gasteiger partial charge on any atom is -0.868 e. The molecule has 7 aromatic carbocycles. The molecule has 0 unspecified atom stereocenters. The number of pyridine rings is 2. The van der Waals surface area contributed by atoms with Crippen LogP contribution in [0, 0.1) is 0 Å². The Morgan fingerprint density at radius 3 is 1.80 bits per heavy atom. The number of nitrogens with zero attached hydrogens (tertiary/aromatic N) is 4. The van der Waals surface area contributed by atoms with Crippen LogP contribution in [0.3, 0.4) is 0 Å². The average Bonchev–Trinajstić information content (AvgIpc) is 3.68. The van der Waals surface area contributed by atoms with E-state index < -0.39 is 0 Å². The Hall–Kier alpha value is -7.11. The molecule has 8 nitrogen and oxygen atoms in total. The zero-order chi connectivity index (χ0) is 36.5. The van der Waals surface area contributed by atoms with Gasteiger partial charge in [0.05, 0.1) is 10.8 Å². The summed E-state index contributed by atoms with van der Waals surface area (Å²) in [6, 6.07) is 51.0. The van der Waals surface area contributed by atoms with Crippen molar-refractivity contribution in [2.45, 2.75) is 0 Å². The summed E-state index contributed by atoms with van der Waals surface area (Å²) in [7, 11) is 0. The van der Waals surface area contributed by atoms with Gasteiger partial charge in [0, 0.05) is 33.6 Å². The molecule has 4 heterocycles. The Morgan fingerprint density at radius 2 is 1.09 bits per heavy atom. The smallest absolute Gasteiger partial charge is 0.868 e. The van der Waals surface area contributed by atoms with Gasteiger partial charge in [-0.05, 0) is 73.8 Å². The van der Waals surface area contributed by atoms with Crippen LogP contribution < -0.4 is 44.1 Å². The van der Waals surface area contributed by atoms with Crippen LogP contribution in [0.5, 0.6) is 5.75 Å². The van der Waals surface area contributed by atoms with Crippen LogP contribution in [0.1, 0.15) is 0 Å². The SMILES string of the molecule is [Li+].[O-]c1ccc(-c2c3ccccc3c(-c3ccc4c5c3ccc[n+]5ON4)c3cc(-c4nc(-c5ccccc5)nc(-c5ccccc5)n4)ccc23)c2ccc[nH+]c12. The maximum Gasteiger partial charge on any atom is 1.00 e. The van der Waals surface area contributed by atoms with Gasteiger partial charge in [0.25, 0.3) is 5.52 Å². The molecule has 0 fully saturated rings. The Balaban J connectivity index is 0.00000384. The third-order valence-electron chi connectivity index (χ3n) is 10.5. The Bertz CT molecular complexity index is 3110. The predicted molar refractivity (Wildman–Crippen MR) is 213 cm³/mol. The van der Waals surface area contributed by atoms with Crippen molar-refractivity contribution in [3.63, 3.8) is 0 Å². The van der Waals surface area contributed by atoms with E-state index in [0.717, 1.165) is 82.5 Å². The molecule has 0 aliphatic carbocycles. The zero-order valence-corrected chi connectivity index (χ0v) is 30.2. The van der Waals surface area contributed by atoms with E-state index in [1.807, 2.05) is 91.1 Å². The van der Waals surface area contributed by atoms with Crippen molar-refractivity contribution in [3.8, 4) is 62.2 Å². The monoisotopic (exact) mass is 716 g/mol. The van der Waals surface area contributed by atoms with Gasteiger partial charge in [-0.15, -0.1) is 4.94 Å². The number of aromatic nitrogens is 5. The normalized spacial score (nSPS) is 11.8. The second-order valence-electron chi connectivity index (χ2n) is 13.6. The molecule has 56 heavy (non-hydrogen) atoms. The molecule has 0 bridgehead atoms. The number of hydrogen-bond donors (Lipinski definition) is 1. The fraction of sp³-hybridized carbons (Fsp3) is 0. The number of H-pyrrole nitrogens is 1. The summed E-state index contributed by atoms with van der Waals surface area (Å²) in [6.45, 7) is 0. The number of benzene rings is 7. The first-order valence-corrected chi connectivity index (χ1v) is 18.1. The van der Waals surface area contributed by atoms with Crippen molar-refractivity contribution in [3.05, 3.63) is 164 Å². The van der Waals surface area contributed by atoms with Gasteiger partial charge in [0.15, 0.2) is 29.4 Å². The predicted octanol–water partition coefficient (Wildman–Crippen LogP) is 5.77. The van der Waals surface area contributed by atoms with Gasteiger partial charge in [-0.1, -0.05) is 115 Å². The summed E-state index contributed by atoms with van der Waals surface area (Å²) in [5, 5.41) is 19.2. The largest absolute Gasteiger partial charge is 1.00 e. The van der Waals surface area contributed by atoms with Crippen LogP contribution in [0.2, 0.25) is 0 Å². The Kier molecular flexibility index (Phi) is 7.96. The molecule has 0 saturated heterocycles. The van der Waals surface area contributed by atoms with Crippen LogP contribution >= 0.6 is 0 Å². The van der Waals surface area contributed by atoms with Gasteiger partial charge in [0.1, 0.15) is 0 Å². The molecule has 3 aromatic heterocycles. The van der Waals surface area contributed by atoms with Crippen molar-refractivity contribution >= 4 is 49.0 Å². The molecule has 10 aromatic rings. The number of rotatable bonds is 5. The molecule has 1 aliphatic heterocycles. The molecule has 258 valence electrons. The minimum atomic E-state index is -0.0497. The van der Waals surface area contributed by atoms with E-state index in [1.54, 1.807) is 17.0 Å². The van der Waals surface area contributed by atoms with Crippen LogP contribution in [0.15, 0.2) is 164 Å². The summed E-state index contributed by atoms with van der Waals surface area (Å²) in [6.07, 6.45) is 3.71. The first-order valence-electron chi connectivity index (χ1n) is 18.1. The van der Waals surface area contributed by atoms with Crippen molar-refractivity contribution in [2.75, 3.05) is 5.48 Å². The minimum absolute atomic E-state index is 0. The third kappa shape index (κ3) is 5.27. The second-order valence-corrected chi connectivity index (χ2v) is 13.6. The summed E-state index contributed by atoms with van der Waals surface area (Å²) in [4.78, 5) is 24.1. The van der Waals surface area contributed by atoms with Gasteiger partial charge < -0.3 is 5.11 Å². The fourth-order valence-electron chi connectivity index (χ4n) is 8.03. The van der Waals surface area contributed by atoms with Crippen molar-refractivity contribution in [2.24, 2.45) is 0 Å². The van der Waals surface area contributed by atoms with Crippen LogP contribution in [0.4, 0.5) is 5.69 Å². The van der Waals surface area contributed by atoms with Crippen molar-refractivity contribution in [1.82, 2.24) is 15.0 Å². The fourth-order valence-corrected chi connectivity index (χ4v) is 8.03. The number of hydrogen-bond acceptors (Lipinski definition) is 6. The summed E-state index contributed by atoms with van der Waals surface area (Å²) in [5.41, 5.74) is 12.3. The van der Waals surface area contributed by atoms with E-state index in [-0.39, 0.29) is 24.6 Å². The van der Waals surface area contributed by atoms with Gasteiger partial charge >= 0.3 is 18.9 Å². The van der Waals surface area contributed by atoms with Crippen LogP contribution in [-0.2, 0) is 0 Å². The molecular weight excluding hydrogens is 687 g/mol. The summed E-state index contributed by atoms with van der Waals surface area (Å²) in [5.74, 6) is 1.72. The van der Waals surface area contributed by atoms with Crippen molar-refractivity contribution < 1.29 is 38.6 Å². The molecule has 0 amide bonds. The van der Waals surface area contributed by atoms with Gasteiger partial charge in [0.2, 0.25) is 11.7 Å². The molecule has 11 rings (SSSR count). The molecule has 1 aliphatic rings. The Morgan fingerprint density at radius 1 is 0.518 bits per heavy atom. The molecule has 9 heteroatoms. The summed E-state index contributed by atoms with van der Waals surface area (Å²) >= 11 is 0. The molecular formula is C47H29LiN6O2+2. The number of fused-ring (bicyclic) bond motifs is 3. The van der Waals surface area contributed by atoms with Gasteiger partial charge in [-0.25, -0.2) is 19.9 Å². The molecule has 0 saturated carbocycles. The molecule has 0 radical (unpaired) electrons. The topological polar surface area (TPSA) is 101 Å². The van der Waals surface area contributed by atoms with E-state index in [4.69, 9.17) is 19.9 Å². The van der Waals surface area contributed by atoms with Gasteiger partial charge in [-0.3, -0.25) is 0 Å². The number of aromatic amines is 1. The van der Waals surface area contributed by atoms with E-state index in [9.17, 15) is 5.11 Å². The maximum absolute atomic E-state index is 13.1. The molecule has 2 N–H and O–H groups in total. The first kappa shape index (κ1) is 33.5. The molecule has 0 spiro atoms. The Labute approximate surface area is 332 Å². The van der Waals surface area contributed by atoms with Gasteiger partial charge in [-0.2, -0.15) is 5.48 Å². The van der Waals surface area contributed by atoms with E-state index in [1.165, 1.54) is 0 Å². The van der Waals surface area contributed by atoms with Crippen LogP contribution in [0.25, 0.3) is 99.8 Å². The first-order chi connectivity index (χ1) is 27.2. The van der Waals surface area contributed by atoms with Crippen molar-refractivity contribution in [1.29, 1.82) is 0 Å². The average molecular weight is 717 g/mol. The van der Waals surface area contributed by atoms with E-state index >= 15 is 0 Å². The zero-order valence-electron chi connectivity index (χ0n) is 30.2.